The minimum atomic E-state index is -0.299. The van der Waals surface area contributed by atoms with Crippen LogP contribution < -0.4 is 5.32 Å². The maximum atomic E-state index is 9.12. The van der Waals surface area contributed by atoms with E-state index in [1.807, 2.05) is 25.3 Å². The van der Waals surface area contributed by atoms with Gasteiger partial charge in [0, 0.05) is 12.7 Å². The zero-order valence-electron chi connectivity index (χ0n) is 9.51. The van der Waals surface area contributed by atoms with Gasteiger partial charge in [-0.1, -0.05) is 0 Å². The third-order valence-electron chi connectivity index (χ3n) is 2.34. The summed E-state index contributed by atoms with van der Waals surface area (Å²) in [5.74, 6) is 0.603. The molecule has 0 fully saturated rings. The van der Waals surface area contributed by atoms with Gasteiger partial charge in [0.25, 0.3) is 0 Å². The number of aromatic nitrogens is 3. The van der Waals surface area contributed by atoms with Crippen molar-refractivity contribution in [1.82, 2.24) is 14.6 Å². The van der Waals surface area contributed by atoms with Crippen molar-refractivity contribution in [3.05, 3.63) is 23.9 Å². The van der Waals surface area contributed by atoms with E-state index in [9.17, 15) is 0 Å². The summed E-state index contributed by atoms with van der Waals surface area (Å²) < 4.78 is 1.73. The fraction of sp³-hybridized carbons (Fsp3) is 0.455. The van der Waals surface area contributed by atoms with Crippen LogP contribution in [0.4, 0.5) is 5.95 Å². The molecule has 1 atom stereocenters. The van der Waals surface area contributed by atoms with Gasteiger partial charge in [-0.05, 0) is 38.0 Å². The number of aliphatic hydroxyl groups excluding tert-OH is 1. The lowest BCUT2D eigenvalue weighted by Gasteiger charge is -2.03. The van der Waals surface area contributed by atoms with Crippen molar-refractivity contribution in [3.63, 3.8) is 0 Å². The lowest BCUT2D eigenvalue weighted by molar-refractivity contribution is 0.188. The number of hydrogen-bond donors (Lipinski definition) is 2. The summed E-state index contributed by atoms with van der Waals surface area (Å²) in [6.45, 7) is 4.46. The molecular weight excluding hydrogens is 204 g/mol. The second-order valence-corrected chi connectivity index (χ2v) is 4.01. The van der Waals surface area contributed by atoms with E-state index in [-0.39, 0.29) is 6.10 Å². The Kier molecular flexibility index (Phi) is 3.05. The predicted molar refractivity (Wildman–Crippen MR) is 62.5 cm³/mol. The molecule has 0 aliphatic carbocycles. The molecule has 0 bridgehead atoms. The van der Waals surface area contributed by atoms with E-state index in [4.69, 9.17) is 5.11 Å². The summed E-state index contributed by atoms with van der Waals surface area (Å²) in [7, 11) is 0. The van der Waals surface area contributed by atoms with Crippen LogP contribution in [0.1, 0.15) is 18.9 Å². The van der Waals surface area contributed by atoms with E-state index in [0.717, 1.165) is 11.2 Å². The van der Waals surface area contributed by atoms with Crippen molar-refractivity contribution in [2.75, 3.05) is 11.9 Å². The molecule has 16 heavy (non-hydrogen) atoms. The van der Waals surface area contributed by atoms with Crippen LogP contribution in [0.5, 0.6) is 0 Å². The molecule has 0 aliphatic rings. The van der Waals surface area contributed by atoms with Gasteiger partial charge in [-0.2, -0.15) is 4.98 Å². The Bertz CT molecular complexity index is 478. The number of nitrogens with one attached hydrogen (secondary N) is 1. The van der Waals surface area contributed by atoms with Gasteiger partial charge in [0.1, 0.15) is 0 Å². The Balaban J connectivity index is 2.08. The highest BCUT2D eigenvalue weighted by molar-refractivity contribution is 5.45. The van der Waals surface area contributed by atoms with Crippen molar-refractivity contribution in [3.8, 4) is 0 Å². The fourth-order valence-electron chi connectivity index (χ4n) is 1.45. The molecular formula is C11H16N4O. The Labute approximate surface area is 94.1 Å². The number of nitrogens with zero attached hydrogens (tertiary/aromatic N) is 3. The average molecular weight is 220 g/mol. The Hall–Kier alpha value is -1.62. The first kappa shape index (κ1) is 10.9. The molecule has 0 aromatic carbocycles. The minimum Gasteiger partial charge on any atom is -0.393 e. The topological polar surface area (TPSA) is 62.5 Å². The minimum absolute atomic E-state index is 0.299. The van der Waals surface area contributed by atoms with Crippen LogP contribution in [-0.4, -0.2) is 32.4 Å². The molecule has 2 aromatic rings. The molecule has 5 heteroatoms. The molecule has 0 saturated heterocycles. The van der Waals surface area contributed by atoms with E-state index in [1.54, 1.807) is 11.4 Å². The maximum Gasteiger partial charge on any atom is 0.243 e. The van der Waals surface area contributed by atoms with Crippen LogP contribution in [0, 0.1) is 6.92 Å². The molecule has 2 aromatic heterocycles. The number of anilines is 1. The van der Waals surface area contributed by atoms with Crippen LogP contribution in [0.15, 0.2) is 18.3 Å². The largest absolute Gasteiger partial charge is 0.393 e. The van der Waals surface area contributed by atoms with Crippen LogP contribution in [0.3, 0.4) is 0 Å². The summed E-state index contributed by atoms with van der Waals surface area (Å²) in [5, 5.41) is 16.5. The Morgan fingerprint density at radius 2 is 2.38 bits per heavy atom. The second-order valence-electron chi connectivity index (χ2n) is 4.01. The van der Waals surface area contributed by atoms with Crippen molar-refractivity contribution in [2.45, 2.75) is 26.4 Å². The standard InChI is InChI=1S/C11H16N4O/c1-8-4-6-15-10(7-8)13-11(14-15)12-5-3-9(2)16/h4,6-7,9,16H,3,5H2,1-2H3,(H,12,14). The van der Waals surface area contributed by atoms with Gasteiger partial charge in [-0.25, -0.2) is 4.52 Å². The van der Waals surface area contributed by atoms with Gasteiger partial charge in [0.15, 0.2) is 5.65 Å². The SMILES string of the molecule is Cc1ccn2nc(NCCC(C)O)nc2c1. The number of aliphatic hydroxyl groups is 1. The molecule has 0 spiro atoms. The number of pyridine rings is 1. The lowest BCUT2D eigenvalue weighted by Crippen LogP contribution is -2.10. The first-order chi connectivity index (χ1) is 7.65. The van der Waals surface area contributed by atoms with Crippen molar-refractivity contribution in [2.24, 2.45) is 0 Å². The maximum absolute atomic E-state index is 9.12. The second kappa shape index (κ2) is 4.49. The molecule has 1 unspecified atom stereocenters. The summed E-state index contributed by atoms with van der Waals surface area (Å²) in [4.78, 5) is 4.33. The zero-order valence-corrected chi connectivity index (χ0v) is 9.51. The summed E-state index contributed by atoms with van der Waals surface area (Å²) >= 11 is 0. The number of rotatable bonds is 4. The van der Waals surface area contributed by atoms with Gasteiger partial charge in [-0.3, -0.25) is 0 Å². The first-order valence-corrected chi connectivity index (χ1v) is 5.40. The van der Waals surface area contributed by atoms with Gasteiger partial charge < -0.3 is 10.4 Å². The van der Waals surface area contributed by atoms with Crippen LogP contribution >= 0.6 is 0 Å². The first-order valence-electron chi connectivity index (χ1n) is 5.40. The molecule has 86 valence electrons. The molecule has 2 rings (SSSR count). The van der Waals surface area contributed by atoms with Gasteiger partial charge in [0.05, 0.1) is 6.10 Å². The predicted octanol–water partition coefficient (Wildman–Crippen LogP) is 1.22. The van der Waals surface area contributed by atoms with Gasteiger partial charge in [0.2, 0.25) is 5.95 Å². The van der Waals surface area contributed by atoms with Crippen LogP contribution in [0.25, 0.3) is 5.65 Å². The molecule has 0 saturated carbocycles. The Morgan fingerprint density at radius 1 is 1.56 bits per heavy atom. The van der Waals surface area contributed by atoms with Crippen molar-refractivity contribution < 1.29 is 5.11 Å². The molecule has 0 aliphatic heterocycles. The quantitative estimate of drug-likeness (QED) is 0.813. The fourth-order valence-corrected chi connectivity index (χ4v) is 1.45. The summed E-state index contributed by atoms with van der Waals surface area (Å²) in [6, 6.07) is 3.97. The lowest BCUT2D eigenvalue weighted by atomic mass is 10.3. The Morgan fingerprint density at radius 3 is 3.12 bits per heavy atom. The number of fused-ring (bicyclic) bond motifs is 1. The highest BCUT2D eigenvalue weighted by atomic mass is 16.3. The molecule has 5 nitrogen and oxygen atoms in total. The normalized spacial score (nSPS) is 12.9. The van der Waals surface area contributed by atoms with E-state index in [2.05, 4.69) is 15.4 Å². The summed E-state index contributed by atoms with van der Waals surface area (Å²) in [6.07, 6.45) is 2.28. The van der Waals surface area contributed by atoms with E-state index >= 15 is 0 Å². The van der Waals surface area contributed by atoms with Crippen molar-refractivity contribution in [1.29, 1.82) is 0 Å². The average Bonchev–Trinajstić information content (AvgIpc) is 2.58. The third kappa shape index (κ3) is 2.49. The van der Waals surface area contributed by atoms with Gasteiger partial charge >= 0.3 is 0 Å². The van der Waals surface area contributed by atoms with Crippen LogP contribution in [-0.2, 0) is 0 Å². The van der Waals surface area contributed by atoms with E-state index in [0.29, 0.717) is 18.9 Å². The monoisotopic (exact) mass is 220 g/mol. The highest BCUT2D eigenvalue weighted by Gasteiger charge is 2.03. The smallest absolute Gasteiger partial charge is 0.243 e. The molecule has 0 radical (unpaired) electrons. The van der Waals surface area contributed by atoms with Crippen molar-refractivity contribution >= 4 is 11.6 Å². The van der Waals surface area contributed by atoms with Gasteiger partial charge in [-0.15, -0.1) is 5.10 Å². The molecule has 0 amide bonds. The van der Waals surface area contributed by atoms with E-state index in [1.165, 1.54) is 0 Å². The molecule has 2 N–H and O–H groups in total. The third-order valence-corrected chi connectivity index (χ3v) is 2.34. The molecule has 2 heterocycles. The number of hydrogen-bond acceptors (Lipinski definition) is 4. The number of aryl methyl sites for hydroxylation is 1. The van der Waals surface area contributed by atoms with E-state index < -0.39 is 0 Å². The zero-order chi connectivity index (χ0) is 11.5. The van der Waals surface area contributed by atoms with Crippen LogP contribution in [0.2, 0.25) is 0 Å². The highest BCUT2D eigenvalue weighted by Crippen LogP contribution is 2.07. The summed E-state index contributed by atoms with van der Waals surface area (Å²) in [5.41, 5.74) is 2.00.